The molecule has 0 radical (unpaired) electrons. The van der Waals surface area contributed by atoms with Gasteiger partial charge >= 0.3 is 0 Å². The molecule has 0 aliphatic heterocycles. The molecule has 1 aromatic heterocycles. The number of halogens is 1. The molecular weight excluding hydrogens is 229 g/mol. The minimum Gasteiger partial charge on any atom is -0.457 e. The van der Waals surface area contributed by atoms with Gasteiger partial charge in [-0.2, -0.15) is 4.39 Å². The summed E-state index contributed by atoms with van der Waals surface area (Å²) >= 11 is 0. The van der Waals surface area contributed by atoms with Crippen molar-refractivity contribution in [2.24, 2.45) is 0 Å². The van der Waals surface area contributed by atoms with Gasteiger partial charge in [0, 0.05) is 12.3 Å². The van der Waals surface area contributed by atoms with Crippen molar-refractivity contribution in [1.82, 2.24) is 4.98 Å². The van der Waals surface area contributed by atoms with E-state index in [1.165, 1.54) is 17.8 Å². The van der Waals surface area contributed by atoms with Gasteiger partial charge in [-0.15, -0.1) is 0 Å². The monoisotopic (exact) mass is 245 g/mol. The normalized spacial score (nSPS) is 12.2. The van der Waals surface area contributed by atoms with Crippen molar-refractivity contribution in [3.05, 3.63) is 54.1 Å². The Kier molecular flexibility index (Phi) is 3.92. The molecule has 0 fully saturated rings. The van der Waals surface area contributed by atoms with Crippen molar-refractivity contribution in [3.8, 4) is 11.5 Å². The first-order valence-corrected chi connectivity index (χ1v) is 6.08. The van der Waals surface area contributed by atoms with Crippen LogP contribution in [0.4, 0.5) is 4.39 Å². The van der Waals surface area contributed by atoms with Crippen LogP contribution in [0.25, 0.3) is 0 Å². The van der Waals surface area contributed by atoms with E-state index in [-0.39, 0.29) is 0 Å². The minimum atomic E-state index is -0.538. The predicted molar refractivity (Wildman–Crippen MR) is 69.4 cm³/mol. The third kappa shape index (κ3) is 3.06. The van der Waals surface area contributed by atoms with Gasteiger partial charge in [-0.25, -0.2) is 4.98 Å². The van der Waals surface area contributed by atoms with Crippen LogP contribution in [0.1, 0.15) is 31.7 Å². The molecule has 2 nitrogen and oxygen atoms in total. The van der Waals surface area contributed by atoms with Crippen LogP contribution in [0.2, 0.25) is 0 Å². The molecule has 0 amide bonds. The fourth-order valence-corrected chi connectivity index (χ4v) is 1.68. The van der Waals surface area contributed by atoms with Crippen molar-refractivity contribution in [3.63, 3.8) is 0 Å². The molecule has 0 bridgehead atoms. The number of hydrogen-bond donors (Lipinski definition) is 0. The summed E-state index contributed by atoms with van der Waals surface area (Å²) in [7, 11) is 0. The van der Waals surface area contributed by atoms with Crippen molar-refractivity contribution in [2.45, 2.75) is 26.2 Å². The standard InChI is InChI=1S/C15H16FNO/c1-3-11(2)12-4-6-13(7-5-12)18-14-8-9-17-15(16)10-14/h4-11H,3H2,1-2H3. The fraction of sp³-hybridized carbons (Fsp3) is 0.267. The first-order valence-electron chi connectivity index (χ1n) is 6.08. The second-order valence-electron chi connectivity index (χ2n) is 4.29. The van der Waals surface area contributed by atoms with Crippen molar-refractivity contribution < 1.29 is 9.13 Å². The molecule has 0 aliphatic carbocycles. The molecule has 2 rings (SSSR count). The maximum absolute atomic E-state index is 12.9. The van der Waals surface area contributed by atoms with Gasteiger partial charge in [0.25, 0.3) is 0 Å². The molecule has 1 heterocycles. The molecule has 1 unspecified atom stereocenters. The van der Waals surface area contributed by atoms with Gasteiger partial charge in [0.05, 0.1) is 0 Å². The van der Waals surface area contributed by atoms with E-state index in [4.69, 9.17) is 4.74 Å². The average molecular weight is 245 g/mol. The summed E-state index contributed by atoms with van der Waals surface area (Å²) in [5.74, 6) is 1.16. The van der Waals surface area contributed by atoms with Gasteiger partial charge in [0.1, 0.15) is 11.5 Å². The Bertz CT molecular complexity index is 510. The molecule has 2 aromatic rings. The maximum Gasteiger partial charge on any atom is 0.216 e. The molecule has 0 saturated heterocycles. The molecule has 1 atom stereocenters. The SMILES string of the molecule is CCC(C)c1ccc(Oc2ccnc(F)c2)cc1. The Morgan fingerprint density at radius 2 is 1.89 bits per heavy atom. The number of pyridine rings is 1. The number of rotatable bonds is 4. The molecule has 0 saturated carbocycles. The van der Waals surface area contributed by atoms with Crippen molar-refractivity contribution in [1.29, 1.82) is 0 Å². The first kappa shape index (κ1) is 12.6. The van der Waals surface area contributed by atoms with E-state index < -0.39 is 5.95 Å². The van der Waals surface area contributed by atoms with E-state index >= 15 is 0 Å². The Hall–Kier alpha value is -1.90. The van der Waals surface area contributed by atoms with Crippen molar-refractivity contribution >= 4 is 0 Å². The smallest absolute Gasteiger partial charge is 0.216 e. The third-order valence-electron chi connectivity index (χ3n) is 3.00. The Balaban J connectivity index is 2.11. The minimum absolute atomic E-state index is 0.457. The Labute approximate surface area is 106 Å². The molecule has 18 heavy (non-hydrogen) atoms. The number of hydrogen-bond acceptors (Lipinski definition) is 2. The number of nitrogens with zero attached hydrogens (tertiary/aromatic N) is 1. The highest BCUT2D eigenvalue weighted by molar-refractivity contribution is 5.33. The zero-order valence-corrected chi connectivity index (χ0v) is 10.6. The van der Waals surface area contributed by atoms with E-state index in [1.807, 2.05) is 24.3 Å². The zero-order chi connectivity index (χ0) is 13.0. The van der Waals surface area contributed by atoms with Crippen LogP contribution in [0.5, 0.6) is 11.5 Å². The summed E-state index contributed by atoms with van der Waals surface area (Å²) in [6.45, 7) is 4.35. The van der Waals surface area contributed by atoms with Crippen molar-refractivity contribution in [2.75, 3.05) is 0 Å². The summed E-state index contributed by atoms with van der Waals surface area (Å²) in [6.07, 6.45) is 2.49. The van der Waals surface area contributed by atoms with E-state index in [0.717, 1.165) is 6.42 Å². The number of benzene rings is 1. The van der Waals surface area contributed by atoms with E-state index in [0.29, 0.717) is 17.4 Å². The van der Waals surface area contributed by atoms with Crippen LogP contribution in [0, 0.1) is 5.95 Å². The van der Waals surface area contributed by atoms with Crippen LogP contribution < -0.4 is 4.74 Å². The summed E-state index contributed by atoms with van der Waals surface area (Å²) in [4.78, 5) is 3.48. The highest BCUT2D eigenvalue weighted by Gasteiger charge is 2.04. The Morgan fingerprint density at radius 1 is 1.17 bits per heavy atom. The lowest BCUT2D eigenvalue weighted by Gasteiger charge is -2.10. The molecule has 3 heteroatoms. The molecule has 0 N–H and O–H groups in total. The van der Waals surface area contributed by atoms with Gasteiger partial charge in [-0.05, 0) is 36.1 Å². The second kappa shape index (κ2) is 5.63. The largest absolute Gasteiger partial charge is 0.457 e. The number of ether oxygens (including phenoxy) is 1. The summed E-state index contributed by atoms with van der Waals surface area (Å²) < 4.78 is 18.4. The highest BCUT2D eigenvalue weighted by Crippen LogP contribution is 2.25. The summed E-state index contributed by atoms with van der Waals surface area (Å²) in [6, 6.07) is 10.8. The average Bonchev–Trinajstić information content (AvgIpc) is 2.39. The summed E-state index contributed by atoms with van der Waals surface area (Å²) in [5, 5.41) is 0. The van der Waals surface area contributed by atoms with Crippen LogP contribution in [0.3, 0.4) is 0 Å². The fourth-order valence-electron chi connectivity index (χ4n) is 1.68. The molecule has 0 spiro atoms. The first-order chi connectivity index (χ1) is 8.69. The van der Waals surface area contributed by atoms with Crippen LogP contribution in [-0.2, 0) is 0 Å². The zero-order valence-electron chi connectivity index (χ0n) is 10.6. The maximum atomic E-state index is 12.9. The molecule has 94 valence electrons. The van der Waals surface area contributed by atoms with Gasteiger partial charge in [-0.3, -0.25) is 0 Å². The predicted octanol–water partition coefficient (Wildman–Crippen LogP) is 4.53. The molecular formula is C15H16FNO. The molecule has 0 aliphatic rings. The van der Waals surface area contributed by atoms with Gasteiger partial charge < -0.3 is 4.74 Å². The van der Waals surface area contributed by atoms with E-state index in [1.54, 1.807) is 6.07 Å². The van der Waals surface area contributed by atoms with Crippen LogP contribution in [-0.4, -0.2) is 4.98 Å². The lowest BCUT2D eigenvalue weighted by atomic mass is 9.99. The quantitative estimate of drug-likeness (QED) is 0.738. The lowest BCUT2D eigenvalue weighted by Crippen LogP contribution is -1.91. The lowest BCUT2D eigenvalue weighted by molar-refractivity contribution is 0.471. The highest BCUT2D eigenvalue weighted by atomic mass is 19.1. The van der Waals surface area contributed by atoms with Crippen LogP contribution >= 0.6 is 0 Å². The Morgan fingerprint density at radius 3 is 2.50 bits per heavy atom. The van der Waals surface area contributed by atoms with Gasteiger partial charge in [-0.1, -0.05) is 26.0 Å². The summed E-state index contributed by atoms with van der Waals surface area (Å²) in [5.41, 5.74) is 1.28. The second-order valence-corrected chi connectivity index (χ2v) is 4.29. The van der Waals surface area contributed by atoms with Gasteiger partial charge in [0.15, 0.2) is 0 Å². The third-order valence-corrected chi connectivity index (χ3v) is 3.00. The van der Waals surface area contributed by atoms with E-state index in [9.17, 15) is 4.39 Å². The number of aromatic nitrogens is 1. The van der Waals surface area contributed by atoms with Crippen LogP contribution in [0.15, 0.2) is 42.6 Å². The van der Waals surface area contributed by atoms with Gasteiger partial charge in [0.2, 0.25) is 5.95 Å². The molecule has 1 aromatic carbocycles. The topological polar surface area (TPSA) is 22.1 Å². The van der Waals surface area contributed by atoms with E-state index in [2.05, 4.69) is 18.8 Å².